The van der Waals surface area contributed by atoms with Crippen LogP contribution in [0.2, 0.25) is 5.02 Å². The fraction of sp³-hybridized carbons (Fsp3) is 0.333. The Bertz CT molecular complexity index is 650. The van der Waals surface area contributed by atoms with E-state index in [0.29, 0.717) is 22.9 Å². The molecule has 1 N–H and O–H groups in total. The van der Waals surface area contributed by atoms with Gasteiger partial charge in [-0.1, -0.05) is 48.9 Å². The normalized spacial score (nSPS) is 24.7. The van der Waals surface area contributed by atoms with Crippen molar-refractivity contribution in [3.8, 4) is 0 Å². The van der Waals surface area contributed by atoms with Gasteiger partial charge in [0, 0.05) is 17.0 Å². The molecule has 110 valence electrons. The minimum atomic E-state index is -1.05. The van der Waals surface area contributed by atoms with Crippen molar-refractivity contribution in [1.29, 1.82) is 0 Å². The van der Waals surface area contributed by atoms with E-state index in [1.54, 1.807) is 12.1 Å². The molecule has 1 aliphatic rings. The number of fused-ring (bicyclic) bond motifs is 1. The molecule has 1 aliphatic carbocycles. The van der Waals surface area contributed by atoms with Gasteiger partial charge in [0.15, 0.2) is 0 Å². The zero-order chi connectivity index (χ0) is 15.0. The van der Waals surface area contributed by atoms with Crippen molar-refractivity contribution in [2.24, 2.45) is 0 Å². The highest BCUT2D eigenvalue weighted by atomic mass is 35.5. The quantitative estimate of drug-likeness (QED) is 0.844. The summed E-state index contributed by atoms with van der Waals surface area (Å²) in [5, 5.41) is 11.5. The monoisotopic (exact) mass is 304 g/mol. The van der Waals surface area contributed by atoms with Crippen LogP contribution in [0.25, 0.3) is 0 Å². The molecule has 0 saturated heterocycles. The first kappa shape index (κ1) is 14.6. The topological polar surface area (TPSA) is 20.2 Å². The molecular formula is C18H18ClFO. The van der Waals surface area contributed by atoms with Gasteiger partial charge < -0.3 is 5.11 Å². The summed E-state index contributed by atoms with van der Waals surface area (Å²) in [6, 6.07) is 12.5. The van der Waals surface area contributed by atoms with Crippen molar-refractivity contribution in [2.75, 3.05) is 0 Å². The molecule has 3 rings (SSSR count). The van der Waals surface area contributed by atoms with E-state index >= 15 is 0 Å². The van der Waals surface area contributed by atoms with Gasteiger partial charge in [0.05, 0.1) is 5.60 Å². The van der Waals surface area contributed by atoms with Gasteiger partial charge in [-0.3, -0.25) is 0 Å². The highest BCUT2D eigenvalue weighted by Gasteiger charge is 2.37. The fourth-order valence-corrected chi connectivity index (χ4v) is 3.50. The highest BCUT2D eigenvalue weighted by molar-refractivity contribution is 6.31. The first-order chi connectivity index (χ1) is 10.0. The lowest BCUT2D eigenvalue weighted by Crippen LogP contribution is -2.34. The van der Waals surface area contributed by atoms with E-state index in [4.69, 9.17) is 11.6 Å². The molecular weight excluding hydrogens is 287 g/mol. The average molecular weight is 305 g/mol. The maximum absolute atomic E-state index is 14.0. The van der Waals surface area contributed by atoms with Crippen molar-refractivity contribution in [1.82, 2.24) is 0 Å². The molecule has 2 atom stereocenters. The van der Waals surface area contributed by atoms with Crippen LogP contribution < -0.4 is 0 Å². The Morgan fingerprint density at radius 2 is 2.00 bits per heavy atom. The molecule has 0 aliphatic heterocycles. The summed E-state index contributed by atoms with van der Waals surface area (Å²) in [7, 11) is 0. The summed E-state index contributed by atoms with van der Waals surface area (Å²) in [6.45, 7) is 2.16. The van der Waals surface area contributed by atoms with Crippen LogP contribution in [0.4, 0.5) is 4.39 Å². The van der Waals surface area contributed by atoms with Crippen LogP contribution in [0.15, 0.2) is 42.5 Å². The number of halogens is 2. The molecule has 21 heavy (non-hydrogen) atoms. The van der Waals surface area contributed by atoms with Crippen molar-refractivity contribution < 1.29 is 9.50 Å². The molecule has 3 heteroatoms. The molecule has 0 spiro atoms. The number of rotatable bonds is 2. The second-order valence-electron chi connectivity index (χ2n) is 5.94. The predicted octanol–water partition coefficient (Wildman–Crippen LogP) is 4.81. The van der Waals surface area contributed by atoms with Gasteiger partial charge >= 0.3 is 0 Å². The second kappa shape index (κ2) is 5.43. The van der Waals surface area contributed by atoms with E-state index in [9.17, 15) is 9.50 Å². The molecule has 2 unspecified atom stereocenters. The molecule has 0 fully saturated rings. The molecule has 2 aromatic rings. The Balaban J connectivity index is 2.04. The third kappa shape index (κ3) is 2.58. The highest BCUT2D eigenvalue weighted by Crippen LogP contribution is 2.43. The molecule has 2 aromatic carbocycles. The van der Waals surface area contributed by atoms with Crippen molar-refractivity contribution in [2.45, 2.75) is 37.7 Å². The Labute approximate surface area is 129 Å². The first-order valence-electron chi connectivity index (χ1n) is 7.26. The number of hydrogen-bond donors (Lipinski definition) is 1. The minimum absolute atomic E-state index is 0.211. The van der Waals surface area contributed by atoms with Gasteiger partial charge in [-0.15, -0.1) is 0 Å². The summed E-state index contributed by atoms with van der Waals surface area (Å²) in [5.74, 6) is 0.0598. The van der Waals surface area contributed by atoms with Crippen LogP contribution in [0.3, 0.4) is 0 Å². The van der Waals surface area contributed by atoms with E-state index in [1.165, 1.54) is 6.07 Å². The Morgan fingerprint density at radius 1 is 1.24 bits per heavy atom. The third-order valence-corrected chi connectivity index (χ3v) is 4.87. The van der Waals surface area contributed by atoms with E-state index in [2.05, 4.69) is 6.92 Å². The summed E-state index contributed by atoms with van der Waals surface area (Å²) in [4.78, 5) is 0. The molecule has 0 aromatic heterocycles. The molecule has 0 saturated carbocycles. The van der Waals surface area contributed by atoms with E-state index < -0.39 is 5.60 Å². The number of aliphatic hydroxyl groups is 1. The van der Waals surface area contributed by atoms with Crippen LogP contribution in [-0.4, -0.2) is 5.11 Å². The lowest BCUT2D eigenvalue weighted by Gasteiger charge is -2.37. The number of benzene rings is 2. The third-order valence-electron chi connectivity index (χ3n) is 4.51. The van der Waals surface area contributed by atoms with Gasteiger partial charge in [0.1, 0.15) is 5.82 Å². The Kier molecular flexibility index (Phi) is 3.76. The Morgan fingerprint density at radius 3 is 2.76 bits per heavy atom. The largest absolute Gasteiger partial charge is 0.385 e. The van der Waals surface area contributed by atoms with Crippen molar-refractivity contribution in [3.05, 3.63) is 70.0 Å². The van der Waals surface area contributed by atoms with Gasteiger partial charge in [-0.2, -0.15) is 0 Å². The van der Waals surface area contributed by atoms with Gasteiger partial charge in [0.25, 0.3) is 0 Å². The maximum atomic E-state index is 14.0. The first-order valence-corrected chi connectivity index (χ1v) is 7.64. The summed E-state index contributed by atoms with van der Waals surface area (Å²) in [5.41, 5.74) is 1.40. The maximum Gasteiger partial charge on any atom is 0.128 e. The summed E-state index contributed by atoms with van der Waals surface area (Å²) >= 11 is 6.12. The van der Waals surface area contributed by atoms with Gasteiger partial charge in [-0.05, 0) is 42.0 Å². The lowest BCUT2D eigenvalue weighted by atomic mass is 9.72. The Hall–Kier alpha value is -1.38. The second-order valence-corrected chi connectivity index (χ2v) is 6.34. The van der Waals surface area contributed by atoms with Crippen molar-refractivity contribution >= 4 is 11.6 Å². The summed E-state index contributed by atoms with van der Waals surface area (Å²) < 4.78 is 14.0. The van der Waals surface area contributed by atoms with Crippen molar-refractivity contribution in [3.63, 3.8) is 0 Å². The fourth-order valence-electron chi connectivity index (χ4n) is 3.27. The van der Waals surface area contributed by atoms with Gasteiger partial charge in [0.2, 0.25) is 0 Å². The van der Waals surface area contributed by atoms with E-state index in [-0.39, 0.29) is 12.2 Å². The number of hydrogen-bond acceptors (Lipinski definition) is 1. The lowest BCUT2D eigenvalue weighted by molar-refractivity contribution is 0.0151. The molecule has 0 radical (unpaired) electrons. The van der Waals surface area contributed by atoms with Crippen LogP contribution >= 0.6 is 11.6 Å². The standard InChI is InChI=1S/C18H18ClFO/c1-12-9-10-18(21,15-6-3-2-5-13(12)15)11-14-16(19)7-4-8-17(14)20/h2-8,12,21H,9-11H2,1H3. The predicted molar refractivity (Wildman–Crippen MR) is 83.1 cm³/mol. The van der Waals surface area contributed by atoms with Crippen LogP contribution in [0.5, 0.6) is 0 Å². The zero-order valence-corrected chi connectivity index (χ0v) is 12.7. The molecule has 0 amide bonds. The van der Waals surface area contributed by atoms with Crippen LogP contribution in [0.1, 0.15) is 42.4 Å². The van der Waals surface area contributed by atoms with Gasteiger partial charge in [-0.25, -0.2) is 4.39 Å². The molecule has 0 heterocycles. The molecule has 0 bridgehead atoms. The minimum Gasteiger partial charge on any atom is -0.385 e. The average Bonchev–Trinajstić information content (AvgIpc) is 2.48. The van der Waals surface area contributed by atoms with E-state index in [1.807, 2.05) is 24.3 Å². The molecule has 1 nitrogen and oxygen atoms in total. The summed E-state index contributed by atoms with van der Waals surface area (Å²) in [6.07, 6.45) is 1.72. The van der Waals surface area contributed by atoms with E-state index in [0.717, 1.165) is 17.5 Å². The van der Waals surface area contributed by atoms with Crippen LogP contribution in [0, 0.1) is 5.82 Å². The SMILES string of the molecule is CC1CCC(O)(Cc2c(F)cccc2Cl)c2ccccc21. The smallest absolute Gasteiger partial charge is 0.128 e. The zero-order valence-electron chi connectivity index (χ0n) is 11.9. The van der Waals surface area contributed by atoms with Crippen LogP contribution in [-0.2, 0) is 12.0 Å².